The molecule has 0 rings (SSSR count). The van der Waals surface area contributed by atoms with Gasteiger partial charge in [0.25, 0.3) is 0 Å². The fourth-order valence-corrected chi connectivity index (χ4v) is 8.52. The van der Waals surface area contributed by atoms with Crippen molar-refractivity contribution in [1.82, 2.24) is 5.32 Å². The van der Waals surface area contributed by atoms with Crippen molar-refractivity contribution in [3.8, 4) is 0 Å². The van der Waals surface area contributed by atoms with Crippen molar-refractivity contribution in [2.24, 2.45) is 0 Å². The van der Waals surface area contributed by atoms with Gasteiger partial charge in [0.05, 0.1) is 18.8 Å². The zero-order chi connectivity index (χ0) is 47.7. The Balaban J connectivity index is 3.48. The van der Waals surface area contributed by atoms with Gasteiger partial charge in [-0.25, -0.2) is 0 Å². The predicted octanol–water partition coefficient (Wildman–Crippen LogP) is 19.1. The lowest BCUT2D eigenvalue weighted by molar-refractivity contribution is -0.123. The molecule has 0 aliphatic carbocycles. The second-order valence-electron chi connectivity index (χ2n) is 19.3. The van der Waals surface area contributed by atoms with Gasteiger partial charge < -0.3 is 15.5 Å². The van der Waals surface area contributed by atoms with E-state index in [4.69, 9.17) is 0 Å². The summed E-state index contributed by atoms with van der Waals surface area (Å²) in [7, 11) is 0. The number of unbranched alkanes of at least 4 members (excludes halogenated alkanes) is 33. The van der Waals surface area contributed by atoms with E-state index >= 15 is 0 Å². The van der Waals surface area contributed by atoms with Crippen molar-refractivity contribution in [2.75, 3.05) is 6.61 Å². The SMILES string of the molecule is CC/C=C\C/C=C\C/C=C\C/C=C\C/C=C\CCCCCCCCCCCCCCCCCCCCCCCC(=O)NC(CO)C(O)/C=C/CC/C=C/CCCCCCCCCCCCC. The van der Waals surface area contributed by atoms with Crippen molar-refractivity contribution < 1.29 is 15.0 Å². The smallest absolute Gasteiger partial charge is 0.220 e. The molecule has 0 fully saturated rings. The highest BCUT2D eigenvalue weighted by Crippen LogP contribution is 2.17. The third-order valence-electron chi connectivity index (χ3n) is 12.9. The average molecular weight is 919 g/mol. The summed E-state index contributed by atoms with van der Waals surface area (Å²) in [5.74, 6) is -0.0719. The lowest BCUT2D eigenvalue weighted by atomic mass is 10.0. The van der Waals surface area contributed by atoms with E-state index in [0.717, 1.165) is 64.2 Å². The van der Waals surface area contributed by atoms with E-state index in [0.29, 0.717) is 6.42 Å². The molecular weight excluding hydrogens is 807 g/mol. The number of rotatable bonds is 52. The van der Waals surface area contributed by atoms with E-state index in [9.17, 15) is 15.0 Å². The summed E-state index contributed by atoms with van der Waals surface area (Å²) in [6.07, 6.45) is 83.3. The summed E-state index contributed by atoms with van der Waals surface area (Å²) in [4.78, 5) is 12.5. The first-order chi connectivity index (χ1) is 32.7. The van der Waals surface area contributed by atoms with Gasteiger partial charge in [-0.2, -0.15) is 0 Å². The lowest BCUT2D eigenvalue weighted by Crippen LogP contribution is -2.45. The molecule has 2 unspecified atom stereocenters. The minimum Gasteiger partial charge on any atom is -0.394 e. The molecule has 0 radical (unpaired) electrons. The molecule has 0 aromatic rings. The van der Waals surface area contributed by atoms with E-state index in [2.05, 4.69) is 92.1 Å². The monoisotopic (exact) mass is 918 g/mol. The van der Waals surface area contributed by atoms with Crippen molar-refractivity contribution in [3.05, 3.63) is 85.1 Å². The summed E-state index contributed by atoms with van der Waals surface area (Å²) in [6, 6.07) is -0.641. The van der Waals surface area contributed by atoms with Crippen LogP contribution >= 0.6 is 0 Å². The van der Waals surface area contributed by atoms with E-state index in [1.165, 1.54) is 199 Å². The third kappa shape index (κ3) is 52.5. The summed E-state index contributed by atoms with van der Waals surface area (Å²) in [5.41, 5.74) is 0. The maximum absolute atomic E-state index is 12.5. The Labute approximate surface area is 411 Å². The van der Waals surface area contributed by atoms with Crippen LogP contribution in [-0.2, 0) is 4.79 Å². The Bertz CT molecular complexity index is 1180. The molecule has 0 spiro atoms. The molecule has 0 aromatic heterocycles. The molecule has 0 saturated heterocycles. The maximum atomic E-state index is 12.5. The first-order valence-electron chi connectivity index (χ1n) is 28.8. The third-order valence-corrected chi connectivity index (χ3v) is 12.9. The predicted molar refractivity (Wildman–Crippen MR) is 294 cm³/mol. The highest BCUT2D eigenvalue weighted by Gasteiger charge is 2.18. The minimum atomic E-state index is -0.864. The van der Waals surface area contributed by atoms with Crippen LogP contribution in [0.25, 0.3) is 0 Å². The Hall–Kier alpha value is -2.43. The summed E-state index contributed by atoms with van der Waals surface area (Å²) < 4.78 is 0. The van der Waals surface area contributed by atoms with Crippen LogP contribution < -0.4 is 5.32 Å². The second kappa shape index (κ2) is 56.9. The Kier molecular flexibility index (Phi) is 54.8. The molecule has 3 N–H and O–H groups in total. The van der Waals surface area contributed by atoms with E-state index < -0.39 is 12.1 Å². The quantitative estimate of drug-likeness (QED) is 0.0421. The zero-order valence-electron chi connectivity index (χ0n) is 43.9. The lowest BCUT2D eigenvalue weighted by Gasteiger charge is -2.19. The number of hydrogen-bond acceptors (Lipinski definition) is 3. The Morgan fingerprint density at radius 3 is 1.06 bits per heavy atom. The number of nitrogens with one attached hydrogen (secondary N) is 1. The van der Waals surface area contributed by atoms with Crippen molar-refractivity contribution in [3.63, 3.8) is 0 Å². The van der Waals surface area contributed by atoms with Crippen LogP contribution in [0.15, 0.2) is 85.1 Å². The Morgan fingerprint density at radius 1 is 0.379 bits per heavy atom. The molecule has 0 bridgehead atoms. The number of carbonyl (C=O) groups excluding carboxylic acids is 1. The van der Waals surface area contributed by atoms with E-state index in [1.807, 2.05) is 6.08 Å². The topological polar surface area (TPSA) is 69.6 Å². The highest BCUT2D eigenvalue weighted by molar-refractivity contribution is 5.76. The largest absolute Gasteiger partial charge is 0.394 e. The number of carbonyl (C=O) groups is 1. The van der Waals surface area contributed by atoms with E-state index in [1.54, 1.807) is 6.08 Å². The van der Waals surface area contributed by atoms with Crippen molar-refractivity contribution in [2.45, 2.75) is 296 Å². The molecule has 2 atom stereocenters. The van der Waals surface area contributed by atoms with Gasteiger partial charge in [0, 0.05) is 6.42 Å². The molecular formula is C62H111NO3. The normalized spacial score (nSPS) is 13.5. The van der Waals surface area contributed by atoms with Gasteiger partial charge in [-0.05, 0) is 77.0 Å². The van der Waals surface area contributed by atoms with Crippen LogP contribution in [0.1, 0.15) is 284 Å². The van der Waals surface area contributed by atoms with Crippen LogP contribution in [0.4, 0.5) is 0 Å². The first-order valence-corrected chi connectivity index (χ1v) is 28.8. The summed E-state index contributed by atoms with van der Waals surface area (Å²) in [6.45, 7) is 4.19. The average Bonchev–Trinajstić information content (AvgIpc) is 3.32. The molecule has 66 heavy (non-hydrogen) atoms. The standard InChI is InChI=1S/C62H111NO3/c1-3-5-7-9-11-13-15-17-19-21-22-23-24-25-26-27-28-29-30-31-32-33-34-35-36-37-38-39-40-42-44-46-48-50-52-54-56-58-62(66)63-60(59-64)61(65)57-55-53-51-49-47-45-43-41-20-18-16-14-12-10-8-6-4-2/h5,7,11,13,17,19,22-23,25-26,47,49,55,57,60-61,64-65H,3-4,6,8-10,12,14-16,18,20-21,24,27-46,48,50-54,56,58-59H2,1-2H3,(H,63,66)/b7-5-,13-11-,19-17-,23-22-,26-25-,49-47+,57-55+. The van der Waals surface area contributed by atoms with Gasteiger partial charge in [0.1, 0.15) is 0 Å². The van der Waals surface area contributed by atoms with Gasteiger partial charge in [-0.1, -0.05) is 285 Å². The number of allylic oxidation sites excluding steroid dienone is 13. The molecule has 1 amide bonds. The number of amides is 1. The van der Waals surface area contributed by atoms with Gasteiger partial charge in [-0.15, -0.1) is 0 Å². The molecule has 0 heterocycles. The van der Waals surface area contributed by atoms with Crippen LogP contribution in [0.5, 0.6) is 0 Å². The minimum absolute atomic E-state index is 0.0719. The molecule has 0 aromatic carbocycles. The molecule has 0 aliphatic heterocycles. The van der Waals surface area contributed by atoms with Crippen LogP contribution in [0, 0.1) is 0 Å². The van der Waals surface area contributed by atoms with Gasteiger partial charge in [-0.3, -0.25) is 4.79 Å². The molecule has 0 aliphatic rings. The second-order valence-corrected chi connectivity index (χ2v) is 19.3. The molecule has 382 valence electrons. The fourth-order valence-electron chi connectivity index (χ4n) is 8.52. The number of aliphatic hydroxyl groups is 2. The van der Waals surface area contributed by atoms with Crippen molar-refractivity contribution in [1.29, 1.82) is 0 Å². The van der Waals surface area contributed by atoms with Gasteiger partial charge in [0.15, 0.2) is 0 Å². The highest BCUT2D eigenvalue weighted by atomic mass is 16.3. The van der Waals surface area contributed by atoms with Crippen molar-refractivity contribution >= 4 is 5.91 Å². The molecule has 0 saturated carbocycles. The molecule has 4 heteroatoms. The van der Waals surface area contributed by atoms with Crippen LogP contribution in [0.3, 0.4) is 0 Å². The van der Waals surface area contributed by atoms with Crippen LogP contribution in [0.2, 0.25) is 0 Å². The van der Waals surface area contributed by atoms with Crippen LogP contribution in [-0.4, -0.2) is 34.9 Å². The maximum Gasteiger partial charge on any atom is 0.220 e. The van der Waals surface area contributed by atoms with Gasteiger partial charge in [0.2, 0.25) is 5.91 Å². The fraction of sp³-hybridized carbons (Fsp3) is 0.758. The van der Waals surface area contributed by atoms with E-state index in [-0.39, 0.29) is 12.5 Å². The molecule has 4 nitrogen and oxygen atoms in total. The number of hydrogen-bond donors (Lipinski definition) is 3. The summed E-state index contributed by atoms with van der Waals surface area (Å²) in [5, 5.41) is 23.1. The summed E-state index contributed by atoms with van der Waals surface area (Å²) >= 11 is 0. The first kappa shape index (κ1) is 63.6. The Morgan fingerprint density at radius 2 is 0.682 bits per heavy atom. The number of aliphatic hydroxyl groups excluding tert-OH is 2. The van der Waals surface area contributed by atoms with Gasteiger partial charge >= 0.3 is 0 Å². The zero-order valence-corrected chi connectivity index (χ0v) is 43.9.